The van der Waals surface area contributed by atoms with Crippen molar-refractivity contribution in [3.8, 4) is 5.69 Å². The predicted octanol–water partition coefficient (Wildman–Crippen LogP) is 1.68. The van der Waals surface area contributed by atoms with Gasteiger partial charge in [-0.3, -0.25) is 4.79 Å². The van der Waals surface area contributed by atoms with Crippen LogP contribution in [0.25, 0.3) is 5.69 Å². The number of carbonyl (C=O) groups is 1. The van der Waals surface area contributed by atoms with Gasteiger partial charge in [-0.25, -0.2) is 4.68 Å². The van der Waals surface area contributed by atoms with Crippen molar-refractivity contribution in [3.05, 3.63) is 36.2 Å². The van der Waals surface area contributed by atoms with Crippen LogP contribution in [0.3, 0.4) is 0 Å². The van der Waals surface area contributed by atoms with Gasteiger partial charge in [-0.05, 0) is 54.8 Å². The monoisotopic (exact) mass is 271 g/mol. The Hall–Kier alpha value is -2.24. The lowest BCUT2D eigenvalue weighted by molar-refractivity contribution is 0.0635. The quantitative estimate of drug-likeness (QED) is 0.833. The summed E-state index contributed by atoms with van der Waals surface area (Å²) in [5.74, 6) is 0.0899. The van der Waals surface area contributed by atoms with Crippen molar-refractivity contribution in [2.24, 2.45) is 0 Å². The van der Waals surface area contributed by atoms with Gasteiger partial charge in [0.05, 0.1) is 5.69 Å². The Morgan fingerprint density at radius 1 is 1.35 bits per heavy atom. The van der Waals surface area contributed by atoms with E-state index in [2.05, 4.69) is 22.4 Å². The molecule has 0 saturated carbocycles. The largest absolute Gasteiger partial charge is 0.336 e. The number of amides is 1. The van der Waals surface area contributed by atoms with Gasteiger partial charge in [0.15, 0.2) is 0 Å². The van der Waals surface area contributed by atoms with Gasteiger partial charge in [0, 0.05) is 18.2 Å². The highest BCUT2D eigenvalue weighted by molar-refractivity contribution is 5.95. The number of piperidine rings is 1. The van der Waals surface area contributed by atoms with Crippen LogP contribution in [0.5, 0.6) is 0 Å². The van der Waals surface area contributed by atoms with Gasteiger partial charge in [0.2, 0.25) is 0 Å². The summed E-state index contributed by atoms with van der Waals surface area (Å²) >= 11 is 0. The normalized spacial score (nSPS) is 19.1. The molecule has 1 atom stereocenters. The van der Waals surface area contributed by atoms with Crippen LogP contribution in [0.4, 0.5) is 0 Å². The maximum absolute atomic E-state index is 12.6. The molecular weight excluding hydrogens is 254 g/mol. The zero-order valence-electron chi connectivity index (χ0n) is 11.4. The Balaban J connectivity index is 1.86. The van der Waals surface area contributed by atoms with E-state index in [0.717, 1.165) is 25.1 Å². The fourth-order valence-electron chi connectivity index (χ4n) is 2.63. The fraction of sp³-hybridized carbons (Fsp3) is 0.429. The van der Waals surface area contributed by atoms with Crippen molar-refractivity contribution >= 4 is 5.91 Å². The summed E-state index contributed by atoms with van der Waals surface area (Å²) < 4.78 is 1.55. The summed E-state index contributed by atoms with van der Waals surface area (Å²) in [6.07, 6.45) is 4.89. The van der Waals surface area contributed by atoms with E-state index < -0.39 is 0 Å². The van der Waals surface area contributed by atoms with E-state index in [9.17, 15) is 4.79 Å². The molecule has 1 fully saturated rings. The molecule has 0 bridgehead atoms. The molecule has 0 radical (unpaired) electrons. The molecule has 3 rings (SSSR count). The topological polar surface area (TPSA) is 63.9 Å². The Morgan fingerprint density at radius 2 is 2.25 bits per heavy atom. The highest BCUT2D eigenvalue weighted by atomic mass is 16.2. The Morgan fingerprint density at radius 3 is 3.00 bits per heavy atom. The van der Waals surface area contributed by atoms with E-state index in [1.165, 1.54) is 12.7 Å². The molecule has 1 aliphatic heterocycles. The maximum Gasteiger partial charge on any atom is 0.254 e. The van der Waals surface area contributed by atoms with Gasteiger partial charge in [-0.15, -0.1) is 5.10 Å². The first-order valence-corrected chi connectivity index (χ1v) is 6.90. The van der Waals surface area contributed by atoms with Crippen LogP contribution in [0.1, 0.15) is 36.5 Å². The first-order chi connectivity index (χ1) is 9.75. The molecule has 1 saturated heterocycles. The van der Waals surface area contributed by atoms with Crippen molar-refractivity contribution in [3.63, 3.8) is 0 Å². The van der Waals surface area contributed by atoms with E-state index in [4.69, 9.17) is 0 Å². The molecule has 1 aliphatic rings. The second-order valence-corrected chi connectivity index (χ2v) is 5.15. The Kier molecular flexibility index (Phi) is 3.45. The molecule has 0 N–H and O–H groups in total. The number of hydrogen-bond acceptors (Lipinski definition) is 4. The van der Waals surface area contributed by atoms with Gasteiger partial charge < -0.3 is 4.90 Å². The molecule has 104 valence electrons. The van der Waals surface area contributed by atoms with Gasteiger partial charge in [0.25, 0.3) is 5.91 Å². The molecule has 0 aliphatic carbocycles. The zero-order chi connectivity index (χ0) is 13.9. The molecule has 6 nitrogen and oxygen atoms in total. The summed E-state index contributed by atoms with van der Waals surface area (Å²) in [6, 6.07) is 7.73. The smallest absolute Gasteiger partial charge is 0.254 e. The highest BCUT2D eigenvalue weighted by Gasteiger charge is 2.24. The summed E-state index contributed by atoms with van der Waals surface area (Å²) in [5, 5.41) is 11.1. The molecule has 1 amide bonds. The number of aromatic nitrogens is 4. The molecule has 2 aromatic rings. The summed E-state index contributed by atoms with van der Waals surface area (Å²) in [7, 11) is 0. The lowest BCUT2D eigenvalue weighted by Crippen LogP contribution is -2.42. The maximum atomic E-state index is 12.6. The standard InChI is InChI=1S/C14H17N5O/c1-11-5-2-3-8-18(11)14(20)12-6-4-7-13(9-12)19-10-15-16-17-19/h4,6-7,9-11H,2-3,5,8H2,1H3/t11-/m0/s1. The number of nitrogens with zero attached hydrogens (tertiary/aromatic N) is 5. The van der Waals surface area contributed by atoms with Crippen LogP contribution in [0.15, 0.2) is 30.6 Å². The number of hydrogen-bond donors (Lipinski definition) is 0. The van der Waals surface area contributed by atoms with E-state index in [-0.39, 0.29) is 5.91 Å². The first kappa shape index (κ1) is 12.8. The lowest BCUT2D eigenvalue weighted by atomic mass is 10.0. The van der Waals surface area contributed by atoms with E-state index in [1.807, 2.05) is 29.2 Å². The second-order valence-electron chi connectivity index (χ2n) is 5.15. The van der Waals surface area contributed by atoms with Crippen LogP contribution in [0.2, 0.25) is 0 Å². The van der Waals surface area contributed by atoms with Crippen molar-refractivity contribution in [2.75, 3.05) is 6.54 Å². The van der Waals surface area contributed by atoms with Crippen LogP contribution in [-0.2, 0) is 0 Å². The number of tetrazole rings is 1. The molecule has 0 unspecified atom stereocenters. The molecule has 1 aromatic heterocycles. The molecule has 0 spiro atoms. The van der Waals surface area contributed by atoms with E-state index in [1.54, 1.807) is 4.68 Å². The van der Waals surface area contributed by atoms with Crippen molar-refractivity contribution < 1.29 is 4.79 Å². The van der Waals surface area contributed by atoms with Crippen LogP contribution in [-0.4, -0.2) is 43.6 Å². The van der Waals surface area contributed by atoms with Crippen molar-refractivity contribution in [2.45, 2.75) is 32.2 Å². The average molecular weight is 271 g/mol. The minimum Gasteiger partial charge on any atom is -0.336 e. The van der Waals surface area contributed by atoms with Gasteiger partial charge >= 0.3 is 0 Å². The third kappa shape index (κ3) is 2.41. The van der Waals surface area contributed by atoms with Crippen LogP contribution >= 0.6 is 0 Å². The van der Waals surface area contributed by atoms with E-state index in [0.29, 0.717) is 11.6 Å². The minimum absolute atomic E-state index is 0.0899. The molecule has 20 heavy (non-hydrogen) atoms. The predicted molar refractivity (Wildman–Crippen MR) is 73.5 cm³/mol. The number of likely N-dealkylation sites (tertiary alicyclic amines) is 1. The molecule has 1 aromatic carbocycles. The average Bonchev–Trinajstić information content (AvgIpc) is 3.01. The molecule has 2 heterocycles. The van der Waals surface area contributed by atoms with Crippen molar-refractivity contribution in [1.29, 1.82) is 0 Å². The number of benzene rings is 1. The minimum atomic E-state index is 0.0899. The molecule has 6 heteroatoms. The fourth-order valence-corrected chi connectivity index (χ4v) is 2.63. The molecular formula is C14H17N5O. The van der Waals surface area contributed by atoms with Gasteiger partial charge in [0.1, 0.15) is 6.33 Å². The summed E-state index contributed by atoms with van der Waals surface area (Å²) in [6.45, 7) is 2.96. The van der Waals surface area contributed by atoms with Crippen LogP contribution in [0, 0.1) is 0 Å². The third-order valence-electron chi connectivity index (χ3n) is 3.77. The number of carbonyl (C=O) groups excluding carboxylic acids is 1. The summed E-state index contributed by atoms with van der Waals surface area (Å²) in [5.41, 5.74) is 1.48. The number of rotatable bonds is 2. The highest BCUT2D eigenvalue weighted by Crippen LogP contribution is 2.20. The zero-order valence-corrected chi connectivity index (χ0v) is 11.4. The van der Waals surface area contributed by atoms with Gasteiger partial charge in [-0.1, -0.05) is 6.07 Å². The van der Waals surface area contributed by atoms with Gasteiger partial charge in [-0.2, -0.15) is 0 Å². The van der Waals surface area contributed by atoms with Crippen molar-refractivity contribution in [1.82, 2.24) is 25.1 Å². The summed E-state index contributed by atoms with van der Waals surface area (Å²) in [4.78, 5) is 14.6. The van der Waals surface area contributed by atoms with E-state index >= 15 is 0 Å². The van der Waals surface area contributed by atoms with Crippen LogP contribution < -0.4 is 0 Å². The Bertz CT molecular complexity index is 595. The second kappa shape index (κ2) is 5.40. The Labute approximate surface area is 117 Å². The first-order valence-electron chi connectivity index (χ1n) is 6.90. The SMILES string of the molecule is C[C@H]1CCCCN1C(=O)c1cccc(-n2cnnn2)c1. The lowest BCUT2D eigenvalue weighted by Gasteiger charge is -2.33. The third-order valence-corrected chi connectivity index (χ3v) is 3.77.